The maximum absolute atomic E-state index is 5.17. The van der Waals surface area contributed by atoms with Gasteiger partial charge >= 0.3 is 0 Å². The monoisotopic (exact) mass is 229 g/mol. The minimum absolute atomic E-state index is 0.427. The highest BCUT2D eigenvalue weighted by atomic mass is 79.9. The molecule has 0 spiro atoms. The predicted octanol–water partition coefficient (Wildman–Crippen LogP) is 2.57. The molecule has 0 saturated heterocycles. The Balaban J connectivity index is 3.03. The van der Waals surface area contributed by atoms with Crippen LogP contribution in [0.1, 0.15) is 19.4 Å². The van der Waals surface area contributed by atoms with Crippen LogP contribution in [0.2, 0.25) is 0 Å². The zero-order valence-corrected chi connectivity index (χ0v) is 8.76. The van der Waals surface area contributed by atoms with Crippen LogP contribution in [0, 0.1) is 0 Å². The third-order valence-corrected chi connectivity index (χ3v) is 2.31. The van der Waals surface area contributed by atoms with Gasteiger partial charge in [-0.1, -0.05) is 28.1 Å². The molecule has 1 aromatic rings. The van der Waals surface area contributed by atoms with Crippen molar-refractivity contribution in [2.45, 2.75) is 19.4 Å². The molecule has 0 aliphatic rings. The molecule has 0 atom stereocenters. The van der Waals surface area contributed by atoms with Crippen LogP contribution < -0.4 is 5.90 Å². The van der Waals surface area contributed by atoms with Gasteiger partial charge in [0.25, 0.3) is 0 Å². The van der Waals surface area contributed by atoms with Crippen LogP contribution in [0.5, 0.6) is 0 Å². The van der Waals surface area contributed by atoms with E-state index in [0.29, 0.717) is 0 Å². The van der Waals surface area contributed by atoms with Crippen LogP contribution in [-0.2, 0) is 10.4 Å². The molecule has 0 aliphatic heterocycles. The number of rotatable bonds is 2. The van der Waals surface area contributed by atoms with Gasteiger partial charge in [-0.05, 0) is 31.5 Å². The van der Waals surface area contributed by atoms with E-state index in [9.17, 15) is 0 Å². The van der Waals surface area contributed by atoms with E-state index in [2.05, 4.69) is 15.9 Å². The zero-order valence-electron chi connectivity index (χ0n) is 7.17. The van der Waals surface area contributed by atoms with Gasteiger partial charge in [-0.3, -0.25) is 4.84 Å². The van der Waals surface area contributed by atoms with Crippen molar-refractivity contribution >= 4 is 15.9 Å². The Morgan fingerprint density at radius 3 is 2.58 bits per heavy atom. The SMILES string of the molecule is CC(C)(ON)c1cccc(Br)c1. The van der Waals surface area contributed by atoms with Crippen LogP contribution >= 0.6 is 15.9 Å². The molecule has 66 valence electrons. The summed E-state index contributed by atoms with van der Waals surface area (Å²) in [6, 6.07) is 7.90. The fourth-order valence-corrected chi connectivity index (χ4v) is 1.33. The molecule has 0 bridgehead atoms. The van der Waals surface area contributed by atoms with Gasteiger partial charge in [0, 0.05) is 4.47 Å². The van der Waals surface area contributed by atoms with E-state index in [-0.39, 0.29) is 0 Å². The normalized spacial score (nSPS) is 11.7. The van der Waals surface area contributed by atoms with E-state index < -0.39 is 5.60 Å². The van der Waals surface area contributed by atoms with Crippen LogP contribution in [0.25, 0.3) is 0 Å². The molecule has 0 saturated carbocycles. The quantitative estimate of drug-likeness (QED) is 0.792. The first-order valence-electron chi connectivity index (χ1n) is 3.70. The Morgan fingerprint density at radius 2 is 2.08 bits per heavy atom. The second-order valence-electron chi connectivity index (χ2n) is 3.14. The van der Waals surface area contributed by atoms with Crippen molar-refractivity contribution < 1.29 is 4.84 Å². The molecule has 0 unspecified atom stereocenters. The number of hydrogen-bond donors (Lipinski definition) is 1. The molecule has 0 aliphatic carbocycles. The van der Waals surface area contributed by atoms with E-state index in [1.54, 1.807) is 0 Å². The maximum Gasteiger partial charge on any atom is 0.109 e. The molecule has 2 nitrogen and oxygen atoms in total. The lowest BCUT2D eigenvalue weighted by atomic mass is 9.99. The molecule has 0 radical (unpaired) electrons. The van der Waals surface area contributed by atoms with Gasteiger partial charge < -0.3 is 0 Å². The number of hydrogen-bond acceptors (Lipinski definition) is 2. The summed E-state index contributed by atoms with van der Waals surface area (Å²) < 4.78 is 1.03. The first-order valence-corrected chi connectivity index (χ1v) is 4.49. The third-order valence-electron chi connectivity index (χ3n) is 1.81. The summed E-state index contributed by atoms with van der Waals surface area (Å²) in [7, 11) is 0. The lowest BCUT2D eigenvalue weighted by molar-refractivity contribution is -0.0236. The first kappa shape index (κ1) is 9.71. The standard InChI is InChI=1S/C9H12BrNO/c1-9(2,12-11)7-4-3-5-8(10)6-7/h3-6H,11H2,1-2H3. The lowest BCUT2D eigenvalue weighted by Gasteiger charge is -2.22. The Bertz CT molecular complexity index is 273. The van der Waals surface area contributed by atoms with E-state index >= 15 is 0 Å². The molecule has 0 fully saturated rings. The molecule has 12 heavy (non-hydrogen) atoms. The molecule has 0 heterocycles. The molecule has 1 rings (SSSR count). The molecular formula is C9H12BrNO. The number of halogens is 1. The zero-order chi connectivity index (χ0) is 9.19. The Kier molecular flexibility index (Phi) is 2.88. The largest absolute Gasteiger partial charge is 0.294 e. The summed E-state index contributed by atoms with van der Waals surface area (Å²) in [6.45, 7) is 3.85. The summed E-state index contributed by atoms with van der Waals surface area (Å²) in [5.41, 5.74) is 0.628. The summed E-state index contributed by atoms with van der Waals surface area (Å²) >= 11 is 3.39. The van der Waals surface area contributed by atoms with Crippen molar-refractivity contribution in [1.29, 1.82) is 0 Å². The van der Waals surface area contributed by atoms with Gasteiger partial charge in [0.1, 0.15) is 5.60 Å². The highest BCUT2D eigenvalue weighted by Crippen LogP contribution is 2.24. The van der Waals surface area contributed by atoms with Gasteiger partial charge in [0.2, 0.25) is 0 Å². The summed E-state index contributed by atoms with van der Waals surface area (Å²) in [5.74, 6) is 5.17. The second kappa shape index (κ2) is 3.56. The topological polar surface area (TPSA) is 35.2 Å². The van der Waals surface area contributed by atoms with Crippen molar-refractivity contribution in [2.24, 2.45) is 5.90 Å². The highest BCUT2D eigenvalue weighted by molar-refractivity contribution is 9.10. The second-order valence-corrected chi connectivity index (χ2v) is 4.05. The molecule has 0 amide bonds. The minimum atomic E-state index is -0.427. The molecule has 2 N–H and O–H groups in total. The molecule has 1 aromatic carbocycles. The highest BCUT2D eigenvalue weighted by Gasteiger charge is 2.19. The number of nitrogens with two attached hydrogens (primary N) is 1. The smallest absolute Gasteiger partial charge is 0.109 e. The minimum Gasteiger partial charge on any atom is -0.294 e. The predicted molar refractivity (Wildman–Crippen MR) is 52.4 cm³/mol. The van der Waals surface area contributed by atoms with Crippen LogP contribution in [-0.4, -0.2) is 0 Å². The maximum atomic E-state index is 5.17. The van der Waals surface area contributed by atoms with Crippen molar-refractivity contribution in [3.05, 3.63) is 34.3 Å². The Hall–Kier alpha value is -0.380. The van der Waals surface area contributed by atoms with Crippen LogP contribution in [0.4, 0.5) is 0 Å². The molecule has 0 aromatic heterocycles. The van der Waals surface area contributed by atoms with Gasteiger partial charge in [-0.2, -0.15) is 0 Å². The summed E-state index contributed by atoms with van der Waals surface area (Å²) in [5, 5.41) is 0. The van der Waals surface area contributed by atoms with Gasteiger partial charge in [-0.25, -0.2) is 5.90 Å². The van der Waals surface area contributed by atoms with Crippen molar-refractivity contribution in [1.82, 2.24) is 0 Å². The average Bonchev–Trinajstić information content (AvgIpc) is 2.05. The molecular weight excluding hydrogens is 218 g/mol. The van der Waals surface area contributed by atoms with Gasteiger partial charge in [-0.15, -0.1) is 0 Å². The van der Waals surface area contributed by atoms with E-state index in [0.717, 1.165) is 10.0 Å². The number of benzene rings is 1. The molecule has 3 heteroatoms. The van der Waals surface area contributed by atoms with Gasteiger partial charge in [0.05, 0.1) is 0 Å². The first-order chi connectivity index (χ1) is 5.56. The summed E-state index contributed by atoms with van der Waals surface area (Å²) in [6.07, 6.45) is 0. The van der Waals surface area contributed by atoms with E-state index in [4.69, 9.17) is 10.7 Å². The lowest BCUT2D eigenvalue weighted by Crippen LogP contribution is -2.25. The van der Waals surface area contributed by atoms with Crippen molar-refractivity contribution in [3.8, 4) is 0 Å². The average molecular weight is 230 g/mol. The van der Waals surface area contributed by atoms with E-state index in [1.165, 1.54) is 0 Å². The summed E-state index contributed by atoms with van der Waals surface area (Å²) in [4.78, 5) is 4.86. The van der Waals surface area contributed by atoms with Gasteiger partial charge in [0.15, 0.2) is 0 Å². The third kappa shape index (κ3) is 2.06. The Morgan fingerprint density at radius 1 is 1.42 bits per heavy atom. The van der Waals surface area contributed by atoms with Crippen LogP contribution in [0.15, 0.2) is 28.7 Å². The van der Waals surface area contributed by atoms with Crippen LogP contribution in [0.3, 0.4) is 0 Å². The van der Waals surface area contributed by atoms with Crippen molar-refractivity contribution in [2.75, 3.05) is 0 Å². The Labute approximate surface area is 80.8 Å². The van der Waals surface area contributed by atoms with E-state index in [1.807, 2.05) is 38.1 Å². The van der Waals surface area contributed by atoms with Crippen molar-refractivity contribution in [3.63, 3.8) is 0 Å². The fourth-order valence-electron chi connectivity index (χ4n) is 0.931. The fraction of sp³-hybridized carbons (Fsp3) is 0.333.